The minimum Gasteiger partial charge on any atom is -0.370 e. The molecule has 0 bridgehead atoms. The normalized spacial score (nSPS) is 18.7. The molecule has 0 fully saturated rings. The number of anilines is 1. The summed E-state index contributed by atoms with van der Waals surface area (Å²) in [6.45, 7) is 2.84. The number of halogens is 1. The first kappa shape index (κ1) is 18.3. The number of guanidine groups is 1. The maximum Gasteiger partial charge on any atom is 0.193 e. The number of hydrogen-bond acceptors (Lipinski definition) is 2. The molecule has 0 radical (unpaired) electrons. The number of fused-ring (bicyclic) bond motifs is 1. The van der Waals surface area contributed by atoms with Crippen LogP contribution in [0, 0.1) is 0 Å². The Bertz CT molecular complexity index is 595. The van der Waals surface area contributed by atoms with Gasteiger partial charge in [-0.15, -0.1) is 24.0 Å². The van der Waals surface area contributed by atoms with Crippen LogP contribution in [0.3, 0.4) is 0 Å². The lowest BCUT2D eigenvalue weighted by Gasteiger charge is -2.21. The molecule has 0 aromatic heterocycles. The summed E-state index contributed by atoms with van der Waals surface area (Å²) in [4.78, 5) is 6.82. The maximum atomic E-state index is 6.08. The summed E-state index contributed by atoms with van der Waals surface area (Å²) in [6.07, 6.45) is 8.25. The summed E-state index contributed by atoms with van der Waals surface area (Å²) in [7, 11) is 2.14. The summed E-state index contributed by atoms with van der Waals surface area (Å²) >= 11 is 0. The molecule has 126 valence electrons. The van der Waals surface area contributed by atoms with E-state index in [1.165, 1.54) is 36.0 Å². The standard InChI is InChI=1S/C18H26N4.HI/c1-22-11-9-14(10-12-22)13-20-18(19)21-17-8-4-6-15-5-2-3-7-16(15)17;/h4,6,8-9H,2-3,5,7,10-13H2,1H3,(H3,19,20,21);1H. The van der Waals surface area contributed by atoms with Crippen LogP contribution >= 0.6 is 24.0 Å². The maximum absolute atomic E-state index is 6.08. The number of nitrogens with two attached hydrogens (primary N) is 1. The fourth-order valence-corrected chi connectivity index (χ4v) is 3.22. The summed E-state index contributed by atoms with van der Waals surface area (Å²) in [5.41, 5.74) is 11.5. The van der Waals surface area contributed by atoms with Crippen LogP contribution in [-0.2, 0) is 12.8 Å². The molecular weight excluding hydrogens is 399 g/mol. The lowest BCUT2D eigenvalue weighted by atomic mass is 9.90. The van der Waals surface area contributed by atoms with Crippen molar-refractivity contribution in [2.45, 2.75) is 32.1 Å². The molecule has 0 atom stereocenters. The van der Waals surface area contributed by atoms with Gasteiger partial charge in [0.15, 0.2) is 5.96 Å². The Morgan fingerprint density at radius 2 is 2.09 bits per heavy atom. The third kappa shape index (κ3) is 4.94. The van der Waals surface area contributed by atoms with E-state index in [0.29, 0.717) is 12.5 Å². The molecule has 1 heterocycles. The average Bonchev–Trinajstić information content (AvgIpc) is 2.55. The minimum atomic E-state index is 0. The molecule has 1 aromatic rings. The average molecular weight is 426 g/mol. The van der Waals surface area contributed by atoms with E-state index < -0.39 is 0 Å². The third-order valence-electron chi connectivity index (χ3n) is 4.62. The molecule has 1 aliphatic heterocycles. The van der Waals surface area contributed by atoms with Crippen LogP contribution in [0.1, 0.15) is 30.4 Å². The molecule has 0 unspecified atom stereocenters. The SMILES string of the molecule is CN1CC=C(CN=C(N)Nc2cccc3c2CCCC3)CC1.I. The quantitative estimate of drug-likeness (QED) is 0.338. The molecular formula is C18H27IN4. The van der Waals surface area contributed by atoms with Gasteiger partial charge in [-0.25, -0.2) is 4.99 Å². The summed E-state index contributed by atoms with van der Waals surface area (Å²) in [5.74, 6) is 0.527. The Hall–Kier alpha value is -1.08. The van der Waals surface area contributed by atoms with Crippen molar-refractivity contribution >= 4 is 35.6 Å². The zero-order valence-corrected chi connectivity index (χ0v) is 16.2. The zero-order valence-electron chi connectivity index (χ0n) is 13.8. The number of hydrogen-bond donors (Lipinski definition) is 2. The van der Waals surface area contributed by atoms with Gasteiger partial charge in [0, 0.05) is 18.8 Å². The molecule has 3 rings (SSSR count). The van der Waals surface area contributed by atoms with Crippen LogP contribution in [0.15, 0.2) is 34.8 Å². The summed E-state index contributed by atoms with van der Waals surface area (Å²) in [6, 6.07) is 6.46. The Kier molecular flexibility index (Phi) is 6.89. The van der Waals surface area contributed by atoms with Crippen LogP contribution in [0.5, 0.6) is 0 Å². The van der Waals surface area contributed by atoms with Crippen molar-refractivity contribution in [1.82, 2.24) is 4.90 Å². The Labute approximate surface area is 156 Å². The molecule has 2 aliphatic rings. The van der Waals surface area contributed by atoms with Gasteiger partial charge in [0.05, 0.1) is 6.54 Å². The molecule has 4 nitrogen and oxygen atoms in total. The number of rotatable bonds is 3. The highest BCUT2D eigenvalue weighted by molar-refractivity contribution is 14.0. The number of likely N-dealkylation sites (N-methyl/N-ethyl adjacent to an activating group) is 1. The second kappa shape index (κ2) is 8.68. The largest absolute Gasteiger partial charge is 0.370 e. The molecule has 5 heteroatoms. The predicted octanol–water partition coefficient (Wildman–Crippen LogP) is 3.17. The highest BCUT2D eigenvalue weighted by Gasteiger charge is 2.13. The van der Waals surface area contributed by atoms with Crippen molar-refractivity contribution in [3.05, 3.63) is 41.0 Å². The van der Waals surface area contributed by atoms with Crippen LogP contribution in [0.25, 0.3) is 0 Å². The Balaban J connectivity index is 0.00000192. The van der Waals surface area contributed by atoms with Gasteiger partial charge in [-0.2, -0.15) is 0 Å². The van der Waals surface area contributed by atoms with Gasteiger partial charge in [-0.05, 0) is 56.3 Å². The summed E-state index contributed by atoms with van der Waals surface area (Å²) in [5, 5.41) is 3.31. The molecule has 1 aliphatic carbocycles. The number of aliphatic imine (C=N–C) groups is 1. The number of nitrogens with one attached hydrogen (secondary N) is 1. The van der Waals surface area contributed by atoms with E-state index >= 15 is 0 Å². The van der Waals surface area contributed by atoms with Crippen molar-refractivity contribution in [2.75, 3.05) is 32.0 Å². The lowest BCUT2D eigenvalue weighted by molar-refractivity contribution is 0.358. The van der Waals surface area contributed by atoms with E-state index in [9.17, 15) is 0 Å². The first-order chi connectivity index (χ1) is 10.7. The van der Waals surface area contributed by atoms with E-state index in [0.717, 1.165) is 31.6 Å². The van der Waals surface area contributed by atoms with E-state index in [1.807, 2.05) is 0 Å². The predicted molar refractivity (Wildman–Crippen MR) is 109 cm³/mol. The first-order valence-corrected chi connectivity index (χ1v) is 8.26. The van der Waals surface area contributed by atoms with Gasteiger partial charge < -0.3 is 16.0 Å². The van der Waals surface area contributed by atoms with E-state index in [-0.39, 0.29) is 24.0 Å². The van der Waals surface area contributed by atoms with Gasteiger partial charge >= 0.3 is 0 Å². The van der Waals surface area contributed by atoms with Gasteiger partial charge in [0.25, 0.3) is 0 Å². The van der Waals surface area contributed by atoms with Crippen molar-refractivity contribution < 1.29 is 0 Å². The second-order valence-electron chi connectivity index (χ2n) is 6.35. The highest BCUT2D eigenvalue weighted by atomic mass is 127. The molecule has 23 heavy (non-hydrogen) atoms. The third-order valence-corrected chi connectivity index (χ3v) is 4.62. The topological polar surface area (TPSA) is 53.6 Å². The molecule has 0 amide bonds. The van der Waals surface area contributed by atoms with Crippen molar-refractivity contribution in [3.8, 4) is 0 Å². The summed E-state index contributed by atoms with van der Waals surface area (Å²) < 4.78 is 0. The van der Waals surface area contributed by atoms with Gasteiger partial charge in [0.1, 0.15) is 0 Å². The molecule has 1 aromatic carbocycles. The molecule has 0 spiro atoms. The zero-order chi connectivity index (χ0) is 15.4. The Morgan fingerprint density at radius 1 is 1.26 bits per heavy atom. The van der Waals surface area contributed by atoms with E-state index in [1.54, 1.807) is 0 Å². The fourth-order valence-electron chi connectivity index (χ4n) is 3.22. The molecule has 0 saturated heterocycles. The number of benzene rings is 1. The Morgan fingerprint density at radius 3 is 2.87 bits per heavy atom. The van der Waals surface area contributed by atoms with Crippen molar-refractivity contribution in [3.63, 3.8) is 0 Å². The smallest absolute Gasteiger partial charge is 0.193 e. The second-order valence-corrected chi connectivity index (χ2v) is 6.35. The fraction of sp³-hybridized carbons (Fsp3) is 0.500. The number of nitrogens with zero attached hydrogens (tertiary/aromatic N) is 2. The van der Waals surface area contributed by atoms with Crippen molar-refractivity contribution in [1.29, 1.82) is 0 Å². The van der Waals surface area contributed by atoms with Crippen LogP contribution in [0.4, 0.5) is 5.69 Å². The minimum absolute atomic E-state index is 0. The van der Waals surface area contributed by atoms with E-state index in [2.05, 4.69) is 46.5 Å². The number of aryl methyl sites for hydroxylation is 1. The highest BCUT2D eigenvalue weighted by Crippen LogP contribution is 2.27. The van der Waals surface area contributed by atoms with Crippen LogP contribution < -0.4 is 11.1 Å². The molecule has 3 N–H and O–H groups in total. The van der Waals surface area contributed by atoms with Crippen LogP contribution in [-0.4, -0.2) is 37.5 Å². The lowest BCUT2D eigenvalue weighted by Crippen LogP contribution is -2.26. The monoisotopic (exact) mass is 426 g/mol. The molecule has 0 saturated carbocycles. The first-order valence-electron chi connectivity index (χ1n) is 8.26. The van der Waals surface area contributed by atoms with Gasteiger partial charge in [-0.1, -0.05) is 23.8 Å². The van der Waals surface area contributed by atoms with Crippen LogP contribution in [0.2, 0.25) is 0 Å². The van der Waals surface area contributed by atoms with Crippen molar-refractivity contribution in [2.24, 2.45) is 10.7 Å². The van der Waals surface area contributed by atoms with Gasteiger partial charge in [0.2, 0.25) is 0 Å². The van der Waals surface area contributed by atoms with E-state index in [4.69, 9.17) is 5.73 Å². The van der Waals surface area contributed by atoms with Gasteiger partial charge in [-0.3, -0.25) is 0 Å².